The third-order valence-electron chi connectivity index (χ3n) is 4.92. The van der Waals surface area contributed by atoms with Gasteiger partial charge in [-0.15, -0.1) is 5.10 Å². The topological polar surface area (TPSA) is 88.9 Å². The number of anilines is 1. The van der Waals surface area contributed by atoms with Gasteiger partial charge < -0.3 is 20.5 Å². The monoisotopic (exact) mass is 391 g/mol. The number of imidazole rings is 1. The average Bonchev–Trinajstić information content (AvgIpc) is 3.28. The summed E-state index contributed by atoms with van der Waals surface area (Å²) in [5.41, 5.74) is 6.53. The van der Waals surface area contributed by atoms with E-state index in [0.717, 1.165) is 21.3 Å². The summed E-state index contributed by atoms with van der Waals surface area (Å²) in [5.74, 6) is 0.609. The molecule has 3 aromatic rings. The number of benzene rings is 1. The Kier molecular flexibility index (Phi) is 4.98. The second-order valence-electron chi connectivity index (χ2n) is 6.67. The predicted molar refractivity (Wildman–Crippen MR) is 103 cm³/mol. The van der Waals surface area contributed by atoms with Gasteiger partial charge in [0.15, 0.2) is 0 Å². The maximum Gasteiger partial charge on any atom is 0.214 e. The number of aromatic nitrogens is 3. The van der Waals surface area contributed by atoms with Crippen LogP contribution in [0.5, 0.6) is 5.75 Å². The van der Waals surface area contributed by atoms with Crippen LogP contribution < -0.4 is 15.4 Å². The van der Waals surface area contributed by atoms with E-state index in [1.54, 1.807) is 10.7 Å². The first-order valence-electron chi connectivity index (χ1n) is 8.94. The molecule has 0 aliphatic carbocycles. The fourth-order valence-corrected chi connectivity index (χ4v) is 4.19. The normalized spacial score (nSPS) is 16.8. The van der Waals surface area contributed by atoms with E-state index in [2.05, 4.69) is 9.88 Å². The number of ether oxygens (including phenoxy) is 1. The second-order valence-corrected chi connectivity index (χ2v) is 7.61. The SMILES string of the molecule is NCC1(O)CCN(c2nn3c(-c4ccccc4OCCF)cnc3s2)CC1. The molecular weight excluding hydrogens is 369 g/mol. The molecule has 1 aliphatic rings. The van der Waals surface area contributed by atoms with Crippen molar-refractivity contribution >= 4 is 21.4 Å². The van der Waals surface area contributed by atoms with Crippen molar-refractivity contribution in [1.82, 2.24) is 14.6 Å². The highest BCUT2D eigenvalue weighted by Gasteiger charge is 2.32. The molecule has 4 rings (SSSR count). The lowest BCUT2D eigenvalue weighted by Gasteiger charge is -2.37. The minimum absolute atomic E-state index is 0.0130. The number of alkyl halides is 1. The summed E-state index contributed by atoms with van der Waals surface area (Å²) in [6.07, 6.45) is 3.00. The summed E-state index contributed by atoms with van der Waals surface area (Å²) in [6, 6.07) is 7.49. The zero-order valence-electron chi connectivity index (χ0n) is 14.8. The van der Waals surface area contributed by atoms with E-state index in [1.165, 1.54) is 11.3 Å². The van der Waals surface area contributed by atoms with Crippen LogP contribution in [-0.2, 0) is 0 Å². The number of fused-ring (bicyclic) bond motifs is 1. The number of aliphatic hydroxyl groups is 1. The summed E-state index contributed by atoms with van der Waals surface area (Å²) in [6.45, 7) is 1.16. The minimum atomic E-state index is -0.772. The molecule has 7 nitrogen and oxygen atoms in total. The predicted octanol–water partition coefficient (Wildman–Crippen LogP) is 2.10. The Hall–Kier alpha value is -2.23. The Balaban J connectivity index is 1.62. The van der Waals surface area contributed by atoms with Gasteiger partial charge in [0.1, 0.15) is 19.0 Å². The van der Waals surface area contributed by atoms with Crippen LogP contribution in [0, 0.1) is 0 Å². The summed E-state index contributed by atoms with van der Waals surface area (Å²) < 4.78 is 19.8. The molecule has 9 heteroatoms. The van der Waals surface area contributed by atoms with Crippen molar-refractivity contribution in [3.8, 4) is 17.0 Å². The van der Waals surface area contributed by atoms with Crippen LogP contribution in [0.25, 0.3) is 16.2 Å². The number of piperidine rings is 1. The molecule has 0 spiro atoms. The van der Waals surface area contributed by atoms with Gasteiger partial charge in [-0.05, 0) is 25.0 Å². The maximum atomic E-state index is 12.5. The van der Waals surface area contributed by atoms with E-state index in [1.807, 2.05) is 24.3 Å². The highest BCUT2D eigenvalue weighted by Crippen LogP contribution is 2.34. The molecular formula is C18H22FN5O2S. The van der Waals surface area contributed by atoms with Gasteiger partial charge >= 0.3 is 0 Å². The first-order chi connectivity index (χ1) is 13.1. The molecule has 1 aromatic carbocycles. The van der Waals surface area contributed by atoms with Gasteiger partial charge in [0.05, 0.1) is 17.5 Å². The fraction of sp³-hybridized carbons (Fsp3) is 0.444. The van der Waals surface area contributed by atoms with Crippen LogP contribution in [0.15, 0.2) is 30.5 Å². The number of halogens is 1. The van der Waals surface area contributed by atoms with Gasteiger partial charge in [-0.2, -0.15) is 0 Å². The molecule has 3 heterocycles. The second kappa shape index (κ2) is 7.41. The van der Waals surface area contributed by atoms with Crippen LogP contribution in [0.4, 0.5) is 9.52 Å². The molecule has 0 unspecified atom stereocenters. The van der Waals surface area contributed by atoms with Gasteiger partial charge in [-0.3, -0.25) is 0 Å². The molecule has 27 heavy (non-hydrogen) atoms. The highest BCUT2D eigenvalue weighted by atomic mass is 32.1. The van der Waals surface area contributed by atoms with Crippen LogP contribution in [0.3, 0.4) is 0 Å². The lowest BCUT2D eigenvalue weighted by atomic mass is 9.92. The van der Waals surface area contributed by atoms with Gasteiger partial charge in [0.25, 0.3) is 0 Å². The Morgan fingerprint density at radius 3 is 2.81 bits per heavy atom. The smallest absolute Gasteiger partial charge is 0.214 e. The standard InChI is InChI=1S/C18H22FN5O2S/c19-7-10-26-15-4-2-1-3-13(15)14-11-21-16-24(14)22-17(27-16)23-8-5-18(25,12-20)6-9-23/h1-4,11,25H,5-10,12,20H2. The van der Waals surface area contributed by atoms with E-state index < -0.39 is 12.3 Å². The zero-order valence-corrected chi connectivity index (χ0v) is 15.7. The van der Waals surface area contributed by atoms with Gasteiger partial charge in [-0.1, -0.05) is 23.5 Å². The molecule has 2 aromatic heterocycles. The third kappa shape index (κ3) is 3.50. The summed E-state index contributed by atoms with van der Waals surface area (Å²) in [5, 5.41) is 15.9. The molecule has 1 aliphatic heterocycles. The van der Waals surface area contributed by atoms with E-state index >= 15 is 0 Å². The summed E-state index contributed by atoms with van der Waals surface area (Å²) in [7, 11) is 0. The quantitative estimate of drug-likeness (QED) is 0.669. The molecule has 1 fully saturated rings. The number of nitrogens with zero attached hydrogens (tertiary/aromatic N) is 4. The number of hydrogen-bond acceptors (Lipinski definition) is 7. The lowest BCUT2D eigenvalue weighted by molar-refractivity contribution is 0.0249. The Morgan fingerprint density at radius 1 is 1.30 bits per heavy atom. The average molecular weight is 391 g/mol. The first kappa shape index (κ1) is 18.1. The van der Waals surface area contributed by atoms with Crippen molar-refractivity contribution in [2.24, 2.45) is 5.73 Å². The van der Waals surface area contributed by atoms with Crippen molar-refractivity contribution in [2.45, 2.75) is 18.4 Å². The van der Waals surface area contributed by atoms with Crippen LogP contribution in [-0.4, -0.2) is 58.2 Å². The van der Waals surface area contributed by atoms with E-state index in [4.69, 9.17) is 15.6 Å². The molecule has 0 saturated carbocycles. The van der Waals surface area contributed by atoms with Crippen molar-refractivity contribution in [3.63, 3.8) is 0 Å². The van der Waals surface area contributed by atoms with Crippen molar-refractivity contribution in [2.75, 3.05) is 37.8 Å². The minimum Gasteiger partial charge on any atom is -0.490 e. The van der Waals surface area contributed by atoms with Crippen LogP contribution >= 0.6 is 11.3 Å². The van der Waals surface area contributed by atoms with Crippen molar-refractivity contribution < 1.29 is 14.2 Å². The Labute approximate surface area is 160 Å². The third-order valence-corrected chi connectivity index (χ3v) is 5.90. The number of hydrogen-bond donors (Lipinski definition) is 2. The Morgan fingerprint density at radius 2 is 2.07 bits per heavy atom. The Bertz CT molecular complexity index is 920. The van der Waals surface area contributed by atoms with E-state index in [9.17, 15) is 9.50 Å². The highest BCUT2D eigenvalue weighted by molar-refractivity contribution is 7.20. The molecule has 0 bridgehead atoms. The van der Waals surface area contributed by atoms with Crippen LogP contribution in [0.2, 0.25) is 0 Å². The summed E-state index contributed by atoms with van der Waals surface area (Å²) in [4.78, 5) is 7.40. The van der Waals surface area contributed by atoms with Gasteiger partial charge in [0.2, 0.25) is 10.1 Å². The van der Waals surface area contributed by atoms with Gasteiger partial charge in [-0.25, -0.2) is 13.9 Å². The van der Waals surface area contributed by atoms with E-state index in [0.29, 0.717) is 31.7 Å². The largest absolute Gasteiger partial charge is 0.490 e. The zero-order chi connectivity index (χ0) is 18.9. The van der Waals surface area contributed by atoms with Crippen molar-refractivity contribution in [1.29, 1.82) is 0 Å². The van der Waals surface area contributed by atoms with Crippen LogP contribution in [0.1, 0.15) is 12.8 Å². The van der Waals surface area contributed by atoms with Crippen molar-refractivity contribution in [3.05, 3.63) is 30.5 Å². The molecule has 3 N–H and O–H groups in total. The number of nitrogens with two attached hydrogens (primary N) is 1. The number of rotatable bonds is 6. The fourth-order valence-electron chi connectivity index (χ4n) is 3.27. The maximum absolute atomic E-state index is 12.5. The number of para-hydroxylation sites is 1. The first-order valence-corrected chi connectivity index (χ1v) is 9.75. The molecule has 0 amide bonds. The lowest BCUT2D eigenvalue weighted by Crippen LogP contribution is -2.48. The molecule has 1 saturated heterocycles. The molecule has 144 valence electrons. The molecule has 0 atom stereocenters. The van der Waals surface area contributed by atoms with E-state index in [-0.39, 0.29) is 13.2 Å². The van der Waals surface area contributed by atoms with Gasteiger partial charge in [0, 0.05) is 25.2 Å². The summed E-state index contributed by atoms with van der Waals surface area (Å²) >= 11 is 1.50. The molecule has 0 radical (unpaired) electrons.